The van der Waals surface area contributed by atoms with Crippen molar-refractivity contribution in [3.05, 3.63) is 0 Å². The largest absolute Gasteiger partial charge is 0.481 e. The van der Waals surface area contributed by atoms with Gasteiger partial charge in [-0.25, -0.2) is 0 Å². The number of rotatable bonds is 4. The van der Waals surface area contributed by atoms with Crippen LogP contribution in [0.4, 0.5) is 0 Å². The van der Waals surface area contributed by atoms with Crippen molar-refractivity contribution < 1.29 is 15.0 Å². The maximum absolute atomic E-state index is 10.0. The molecule has 5 heteroatoms. The molecule has 10 heavy (non-hydrogen) atoms. The van der Waals surface area contributed by atoms with Crippen LogP contribution >= 0.6 is 12.6 Å². The van der Waals surface area contributed by atoms with Crippen LogP contribution in [0, 0.1) is 0 Å². The molecular weight excluding hydrogens is 154 g/mol. The van der Waals surface area contributed by atoms with Crippen LogP contribution in [0.5, 0.6) is 0 Å². The van der Waals surface area contributed by atoms with Crippen LogP contribution < -0.4 is 5.32 Å². The third-order valence-electron chi connectivity index (χ3n) is 1.04. The van der Waals surface area contributed by atoms with E-state index < -0.39 is 17.4 Å². The monoisotopic (exact) mass is 165 g/mol. The summed E-state index contributed by atoms with van der Waals surface area (Å²) in [6.07, 6.45) is -1.01. The minimum absolute atomic E-state index is 0.148. The number of thiol groups is 1. The van der Waals surface area contributed by atoms with Crippen LogP contribution in [0.15, 0.2) is 0 Å². The number of hydrogen-bond acceptors (Lipinski definition) is 4. The average Bonchev–Trinajstić information content (AvgIpc) is 1.85. The smallest absolute Gasteiger partial charge is 0.304 e. The van der Waals surface area contributed by atoms with Gasteiger partial charge in [0.1, 0.15) is 6.23 Å². The predicted molar refractivity (Wildman–Crippen MR) is 40.1 cm³/mol. The van der Waals surface area contributed by atoms with Crippen molar-refractivity contribution in [2.75, 3.05) is 7.05 Å². The van der Waals surface area contributed by atoms with Gasteiger partial charge in [-0.3, -0.25) is 10.1 Å². The molecule has 0 saturated carbocycles. The quantitative estimate of drug-likeness (QED) is 0.328. The SMILES string of the molecule is CNC(O)C(S)CC(=O)O. The van der Waals surface area contributed by atoms with Gasteiger partial charge in [0.15, 0.2) is 0 Å². The lowest BCUT2D eigenvalue weighted by Gasteiger charge is -2.14. The topological polar surface area (TPSA) is 69.6 Å². The Morgan fingerprint density at radius 1 is 1.80 bits per heavy atom. The van der Waals surface area contributed by atoms with Crippen molar-refractivity contribution in [1.29, 1.82) is 0 Å². The van der Waals surface area contributed by atoms with Gasteiger partial charge in [0.2, 0.25) is 0 Å². The highest BCUT2D eigenvalue weighted by atomic mass is 32.1. The van der Waals surface area contributed by atoms with Crippen molar-refractivity contribution in [3.63, 3.8) is 0 Å². The number of nitrogens with one attached hydrogen (secondary N) is 1. The van der Waals surface area contributed by atoms with E-state index in [1.54, 1.807) is 0 Å². The van der Waals surface area contributed by atoms with Crippen molar-refractivity contribution in [2.24, 2.45) is 0 Å². The van der Waals surface area contributed by atoms with E-state index in [0.29, 0.717) is 0 Å². The first kappa shape index (κ1) is 9.74. The molecular formula is C5H11NO3S. The molecule has 0 saturated heterocycles. The molecule has 0 aliphatic heterocycles. The molecule has 0 aliphatic carbocycles. The van der Waals surface area contributed by atoms with Crippen molar-refractivity contribution in [3.8, 4) is 0 Å². The second kappa shape index (κ2) is 4.54. The fraction of sp³-hybridized carbons (Fsp3) is 0.800. The third-order valence-corrected chi connectivity index (χ3v) is 1.51. The van der Waals surface area contributed by atoms with Crippen LogP contribution in [0.1, 0.15) is 6.42 Å². The molecule has 60 valence electrons. The van der Waals surface area contributed by atoms with Crippen molar-refractivity contribution in [1.82, 2.24) is 5.32 Å². The summed E-state index contributed by atoms with van der Waals surface area (Å²) in [5, 5.41) is 19.1. The van der Waals surface area contributed by atoms with E-state index in [1.165, 1.54) is 7.05 Å². The van der Waals surface area contributed by atoms with Gasteiger partial charge in [0, 0.05) is 0 Å². The zero-order valence-electron chi connectivity index (χ0n) is 5.61. The predicted octanol–water partition coefficient (Wildman–Crippen LogP) is -0.703. The molecule has 0 aliphatic rings. The van der Waals surface area contributed by atoms with Crippen LogP contribution in [-0.4, -0.2) is 34.7 Å². The maximum Gasteiger partial charge on any atom is 0.304 e. The van der Waals surface area contributed by atoms with E-state index >= 15 is 0 Å². The number of aliphatic hydroxyl groups excluding tert-OH is 1. The van der Waals surface area contributed by atoms with Gasteiger partial charge in [-0.15, -0.1) is 0 Å². The normalized spacial score (nSPS) is 16.3. The summed E-state index contributed by atoms with van der Waals surface area (Å²) in [5.41, 5.74) is 0. The number of aliphatic carboxylic acids is 1. The first-order valence-electron chi connectivity index (χ1n) is 2.83. The van der Waals surface area contributed by atoms with Crippen LogP contribution in [-0.2, 0) is 4.79 Å². The average molecular weight is 165 g/mol. The first-order chi connectivity index (χ1) is 4.57. The Morgan fingerprint density at radius 3 is 2.60 bits per heavy atom. The van der Waals surface area contributed by atoms with E-state index in [-0.39, 0.29) is 6.42 Å². The van der Waals surface area contributed by atoms with Crippen molar-refractivity contribution in [2.45, 2.75) is 17.9 Å². The summed E-state index contributed by atoms with van der Waals surface area (Å²) in [6.45, 7) is 0. The molecule has 3 N–H and O–H groups in total. The van der Waals surface area contributed by atoms with Gasteiger partial charge < -0.3 is 10.2 Å². The lowest BCUT2D eigenvalue weighted by Crippen LogP contribution is -2.35. The highest BCUT2D eigenvalue weighted by Crippen LogP contribution is 2.03. The van der Waals surface area contributed by atoms with E-state index in [9.17, 15) is 4.79 Å². The number of carboxylic acid groups (broad SMARTS) is 1. The zero-order valence-corrected chi connectivity index (χ0v) is 6.51. The first-order valence-corrected chi connectivity index (χ1v) is 3.34. The number of carbonyl (C=O) groups is 1. The second-order valence-electron chi connectivity index (χ2n) is 1.90. The van der Waals surface area contributed by atoms with E-state index in [2.05, 4.69) is 17.9 Å². The summed E-state index contributed by atoms with van der Waals surface area (Å²) in [6, 6.07) is 0. The molecule has 0 rings (SSSR count). The van der Waals surface area contributed by atoms with Gasteiger partial charge in [-0.2, -0.15) is 12.6 Å². The van der Waals surface area contributed by atoms with Gasteiger partial charge in [0.25, 0.3) is 0 Å². The Kier molecular flexibility index (Phi) is 4.42. The van der Waals surface area contributed by atoms with Crippen molar-refractivity contribution >= 4 is 18.6 Å². The highest BCUT2D eigenvalue weighted by molar-refractivity contribution is 7.81. The summed E-state index contributed by atoms with van der Waals surface area (Å²) >= 11 is 3.85. The van der Waals surface area contributed by atoms with E-state index in [0.717, 1.165) is 0 Å². The Bertz CT molecular complexity index is 119. The zero-order chi connectivity index (χ0) is 8.15. The molecule has 0 bridgehead atoms. The summed E-state index contributed by atoms with van der Waals surface area (Å²) in [4.78, 5) is 10.0. The lowest BCUT2D eigenvalue weighted by atomic mass is 10.3. The standard InChI is InChI=1S/C5H11NO3S/c1-6-5(9)3(10)2-4(7)8/h3,5-6,9-10H,2H2,1H3,(H,7,8). The molecule has 0 heterocycles. The fourth-order valence-electron chi connectivity index (χ4n) is 0.483. The molecule has 2 unspecified atom stereocenters. The van der Waals surface area contributed by atoms with Crippen LogP contribution in [0.2, 0.25) is 0 Å². The van der Waals surface area contributed by atoms with Gasteiger partial charge in [-0.1, -0.05) is 0 Å². The number of aliphatic hydroxyl groups is 1. The Morgan fingerprint density at radius 2 is 2.30 bits per heavy atom. The summed E-state index contributed by atoms with van der Waals surface area (Å²) in [7, 11) is 1.54. The maximum atomic E-state index is 10.0. The number of hydrogen-bond donors (Lipinski definition) is 4. The molecule has 0 radical (unpaired) electrons. The van der Waals surface area contributed by atoms with Crippen LogP contribution in [0.3, 0.4) is 0 Å². The van der Waals surface area contributed by atoms with Crippen LogP contribution in [0.25, 0.3) is 0 Å². The molecule has 0 fully saturated rings. The van der Waals surface area contributed by atoms with E-state index in [1.807, 2.05) is 0 Å². The molecule has 4 nitrogen and oxygen atoms in total. The molecule has 0 aromatic rings. The highest BCUT2D eigenvalue weighted by Gasteiger charge is 2.15. The number of carboxylic acids is 1. The van der Waals surface area contributed by atoms with Gasteiger partial charge in [0.05, 0.1) is 11.7 Å². The summed E-state index contributed by atoms with van der Waals surface area (Å²) in [5.74, 6) is -0.964. The molecule has 0 spiro atoms. The molecule has 2 atom stereocenters. The lowest BCUT2D eigenvalue weighted by molar-refractivity contribution is -0.137. The Balaban J connectivity index is 3.61. The molecule has 0 aromatic heterocycles. The van der Waals surface area contributed by atoms with Gasteiger partial charge in [-0.05, 0) is 7.05 Å². The van der Waals surface area contributed by atoms with E-state index in [4.69, 9.17) is 10.2 Å². The minimum Gasteiger partial charge on any atom is -0.481 e. The Hall–Kier alpha value is -0.260. The molecule has 0 aromatic carbocycles. The van der Waals surface area contributed by atoms with Gasteiger partial charge >= 0.3 is 5.97 Å². The third kappa shape index (κ3) is 3.71. The summed E-state index contributed by atoms with van der Waals surface area (Å²) < 4.78 is 0. The Labute approximate surface area is 64.7 Å². The molecule has 0 amide bonds. The fourth-order valence-corrected chi connectivity index (χ4v) is 0.788. The second-order valence-corrected chi connectivity index (χ2v) is 2.56. The minimum atomic E-state index is -0.964.